The van der Waals surface area contributed by atoms with Crippen molar-refractivity contribution in [2.75, 3.05) is 18.0 Å². The van der Waals surface area contributed by atoms with Gasteiger partial charge in [-0.3, -0.25) is 4.79 Å². The highest BCUT2D eigenvalue weighted by Crippen LogP contribution is 2.32. The summed E-state index contributed by atoms with van der Waals surface area (Å²) in [7, 11) is 0. The molecule has 1 atom stereocenters. The Labute approximate surface area is 160 Å². The van der Waals surface area contributed by atoms with Crippen LogP contribution >= 0.6 is 11.3 Å². The molecular weight excluding hydrogens is 342 g/mol. The molecule has 2 aromatic rings. The minimum Gasteiger partial charge on any atom is -0.353 e. The number of nitrogens with one attached hydrogen (secondary N) is 1. The zero-order valence-corrected chi connectivity index (χ0v) is 16.5. The van der Waals surface area contributed by atoms with Crippen LogP contribution in [-0.2, 0) is 11.2 Å². The zero-order chi connectivity index (χ0) is 17.9. The second kappa shape index (κ2) is 7.95. The van der Waals surface area contributed by atoms with Crippen molar-refractivity contribution in [2.24, 2.45) is 5.92 Å². The lowest BCUT2D eigenvalue weighted by molar-refractivity contribution is -0.126. The van der Waals surface area contributed by atoms with E-state index >= 15 is 0 Å². The molecule has 4 rings (SSSR count). The Kier molecular flexibility index (Phi) is 5.44. The van der Waals surface area contributed by atoms with Crippen molar-refractivity contribution in [1.82, 2.24) is 10.3 Å². The molecule has 140 valence electrons. The molecule has 2 heterocycles. The molecule has 4 nitrogen and oxygen atoms in total. The third-order valence-corrected chi connectivity index (χ3v) is 6.94. The third-order valence-electron chi connectivity index (χ3n) is 5.86. The predicted molar refractivity (Wildman–Crippen MR) is 109 cm³/mol. The summed E-state index contributed by atoms with van der Waals surface area (Å²) in [4.78, 5) is 19.9. The molecule has 1 amide bonds. The minimum absolute atomic E-state index is 0.101. The second-order valence-electron chi connectivity index (χ2n) is 7.78. The molecule has 2 fully saturated rings. The first kappa shape index (κ1) is 17.8. The van der Waals surface area contributed by atoms with Crippen LogP contribution in [0.5, 0.6) is 0 Å². The molecule has 0 spiro atoms. The summed E-state index contributed by atoms with van der Waals surface area (Å²) in [5.74, 6) is 0.361. The van der Waals surface area contributed by atoms with Gasteiger partial charge in [0, 0.05) is 19.1 Å². The van der Waals surface area contributed by atoms with Crippen molar-refractivity contribution in [3.63, 3.8) is 0 Å². The van der Waals surface area contributed by atoms with E-state index in [1.165, 1.54) is 29.5 Å². The molecule has 0 unspecified atom stereocenters. The average Bonchev–Trinajstić information content (AvgIpc) is 3.12. The molecule has 1 saturated carbocycles. The molecule has 1 N–H and O–H groups in total. The highest BCUT2D eigenvalue weighted by Gasteiger charge is 2.29. The fraction of sp³-hybridized carbons (Fsp3) is 0.619. The summed E-state index contributed by atoms with van der Waals surface area (Å²) >= 11 is 1.77. The van der Waals surface area contributed by atoms with E-state index in [1.54, 1.807) is 11.3 Å². The Hall–Kier alpha value is -1.62. The maximum Gasteiger partial charge on any atom is 0.225 e. The third kappa shape index (κ3) is 3.88. The maximum absolute atomic E-state index is 12.7. The molecule has 26 heavy (non-hydrogen) atoms. The van der Waals surface area contributed by atoms with Gasteiger partial charge in [-0.2, -0.15) is 0 Å². The van der Waals surface area contributed by atoms with Crippen molar-refractivity contribution in [3.8, 4) is 0 Å². The van der Waals surface area contributed by atoms with E-state index in [2.05, 4.69) is 35.3 Å². The number of aryl methyl sites for hydroxylation is 1. The number of rotatable bonds is 4. The summed E-state index contributed by atoms with van der Waals surface area (Å²) in [5.41, 5.74) is 2.44. The summed E-state index contributed by atoms with van der Waals surface area (Å²) in [6, 6.07) is 6.96. The van der Waals surface area contributed by atoms with E-state index in [0.29, 0.717) is 6.04 Å². The van der Waals surface area contributed by atoms with Gasteiger partial charge < -0.3 is 10.2 Å². The van der Waals surface area contributed by atoms with Crippen LogP contribution in [0, 0.1) is 5.92 Å². The number of thiazole rings is 1. The lowest BCUT2D eigenvalue weighted by Gasteiger charge is -2.33. The summed E-state index contributed by atoms with van der Waals surface area (Å²) in [6.07, 6.45) is 9.26. The van der Waals surface area contributed by atoms with Gasteiger partial charge in [0.25, 0.3) is 0 Å². The Morgan fingerprint density at radius 3 is 2.88 bits per heavy atom. The van der Waals surface area contributed by atoms with Gasteiger partial charge in [-0.15, -0.1) is 0 Å². The molecule has 1 aromatic carbocycles. The van der Waals surface area contributed by atoms with Crippen LogP contribution in [-0.4, -0.2) is 30.0 Å². The van der Waals surface area contributed by atoms with Crippen LogP contribution in [0.1, 0.15) is 57.4 Å². The van der Waals surface area contributed by atoms with Crippen LogP contribution in [0.4, 0.5) is 5.13 Å². The SMILES string of the molecule is CCc1ccc2nc(N3CCC[C@@H](C(=O)NC4CCCCC4)C3)sc2c1. The first-order valence-corrected chi connectivity index (χ1v) is 11.0. The number of piperidine rings is 1. The van der Waals surface area contributed by atoms with E-state index in [9.17, 15) is 4.79 Å². The van der Waals surface area contributed by atoms with Gasteiger partial charge in [-0.05, 0) is 49.8 Å². The highest BCUT2D eigenvalue weighted by atomic mass is 32.1. The molecule has 0 radical (unpaired) electrons. The number of anilines is 1. The molecule has 2 aliphatic rings. The quantitative estimate of drug-likeness (QED) is 0.859. The van der Waals surface area contributed by atoms with Crippen LogP contribution in [0.3, 0.4) is 0 Å². The zero-order valence-electron chi connectivity index (χ0n) is 15.7. The molecular formula is C21H29N3OS. The Balaban J connectivity index is 1.43. The molecule has 1 saturated heterocycles. The molecule has 1 aliphatic heterocycles. The van der Waals surface area contributed by atoms with Gasteiger partial charge in [-0.1, -0.05) is 43.6 Å². The van der Waals surface area contributed by atoms with Gasteiger partial charge in [0.15, 0.2) is 5.13 Å². The van der Waals surface area contributed by atoms with E-state index in [0.717, 1.165) is 55.8 Å². The number of hydrogen-bond acceptors (Lipinski definition) is 4. The molecule has 0 bridgehead atoms. The van der Waals surface area contributed by atoms with Crippen LogP contribution in [0.25, 0.3) is 10.2 Å². The molecule has 5 heteroatoms. The van der Waals surface area contributed by atoms with Crippen LogP contribution in [0.15, 0.2) is 18.2 Å². The topological polar surface area (TPSA) is 45.2 Å². The largest absolute Gasteiger partial charge is 0.353 e. The van der Waals surface area contributed by atoms with Crippen LogP contribution < -0.4 is 10.2 Å². The van der Waals surface area contributed by atoms with Crippen LogP contribution in [0.2, 0.25) is 0 Å². The number of amides is 1. The average molecular weight is 372 g/mol. The highest BCUT2D eigenvalue weighted by molar-refractivity contribution is 7.22. The maximum atomic E-state index is 12.7. The Bertz CT molecular complexity index is 766. The van der Waals surface area contributed by atoms with E-state index in [4.69, 9.17) is 4.98 Å². The Morgan fingerprint density at radius 1 is 1.23 bits per heavy atom. The minimum atomic E-state index is 0.101. The number of fused-ring (bicyclic) bond motifs is 1. The fourth-order valence-electron chi connectivity index (χ4n) is 4.24. The normalized spacial score (nSPS) is 21.9. The van der Waals surface area contributed by atoms with Gasteiger partial charge >= 0.3 is 0 Å². The number of nitrogens with zero attached hydrogens (tertiary/aromatic N) is 2. The van der Waals surface area contributed by atoms with Crippen molar-refractivity contribution in [1.29, 1.82) is 0 Å². The summed E-state index contributed by atoms with van der Waals surface area (Å²) in [6.45, 7) is 4.00. The van der Waals surface area contributed by atoms with Crippen molar-refractivity contribution in [2.45, 2.75) is 64.3 Å². The molecule has 1 aromatic heterocycles. The number of carbonyl (C=O) groups excluding carboxylic acids is 1. The van der Waals surface area contributed by atoms with Gasteiger partial charge in [0.05, 0.1) is 16.1 Å². The molecule has 1 aliphatic carbocycles. The second-order valence-corrected chi connectivity index (χ2v) is 8.79. The number of carbonyl (C=O) groups is 1. The lowest BCUT2D eigenvalue weighted by Crippen LogP contribution is -2.46. The van der Waals surface area contributed by atoms with E-state index in [-0.39, 0.29) is 11.8 Å². The first-order valence-electron chi connectivity index (χ1n) is 10.2. The van der Waals surface area contributed by atoms with Crippen molar-refractivity contribution >= 4 is 32.6 Å². The fourth-order valence-corrected chi connectivity index (χ4v) is 5.31. The lowest BCUT2D eigenvalue weighted by atomic mass is 9.93. The van der Waals surface area contributed by atoms with E-state index < -0.39 is 0 Å². The predicted octanol–water partition coefficient (Wildman–Crippen LogP) is 4.52. The first-order chi connectivity index (χ1) is 12.7. The monoisotopic (exact) mass is 371 g/mol. The summed E-state index contributed by atoms with van der Waals surface area (Å²) in [5, 5.41) is 4.39. The van der Waals surface area contributed by atoms with E-state index in [1.807, 2.05) is 0 Å². The van der Waals surface area contributed by atoms with Crippen molar-refractivity contribution < 1.29 is 4.79 Å². The van der Waals surface area contributed by atoms with Crippen molar-refractivity contribution in [3.05, 3.63) is 23.8 Å². The van der Waals surface area contributed by atoms with Gasteiger partial charge in [0.1, 0.15) is 0 Å². The Morgan fingerprint density at radius 2 is 2.08 bits per heavy atom. The number of benzene rings is 1. The standard InChI is InChI=1S/C21H29N3OS/c1-2-15-10-11-18-19(13-15)26-21(23-18)24-12-6-7-16(14-24)20(25)22-17-8-4-3-5-9-17/h10-11,13,16-17H,2-9,12,14H2,1H3,(H,22,25)/t16-/m1/s1. The van der Waals surface area contributed by atoms with Gasteiger partial charge in [0.2, 0.25) is 5.91 Å². The van der Waals surface area contributed by atoms with Gasteiger partial charge in [-0.25, -0.2) is 4.98 Å². The summed E-state index contributed by atoms with van der Waals surface area (Å²) < 4.78 is 1.26. The number of aromatic nitrogens is 1. The number of hydrogen-bond donors (Lipinski definition) is 1. The smallest absolute Gasteiger partial charge is 0.225 e.